The molecule has 1 amide bonds. The Bertz CT molecular complexity index is 479. The van der Waals surface area contributed by atoms with Gasteiger partial charge in [-0.15, -0.1) is 0 Å². The summed E-state index contributed by atoms with van der Waals surface area (Å²) in [7, 11) is 1.65. The van der Waals surface area contributed by atoms with Gasteiger partial charge in [0.25, 0.3) is 0 Å². The molecule has 0 spiro atoms. The van der Waals surface area contributed by atoms with Crippen LogP contribution in [0.3, 0.4) is 0 Å². The van der Waals surface area contributed by atoms with Crippen molar-refractivity contribution in [1.29, 1.82) is 0 Å². The molecule has 0 saturated carbocycles. The largest absolute Gasteiger partial charge is 0.489 e. The summed E-state index contributed by atoms with van der Waals surface area (Å²) in [4.78, 5) is 13.9. The van der Waals surface area contributed by atoms with Gasteiger partial charge in [-0.3, -0.25) is 9.69 Å². The maximum absolute atomic E-state index is 11.8. The van der Waals surface area contributed by atoms with Gasteiger partial charge in [-0.1, -0.05) is 29.3 Å². The van der Waals surface area contributed by atoms with Crippen LogP contribution in [0.1, 0.15) is 0 Å². The first-order chi connectivity index (χ1) is 10.1. The van der Waals surface area contributed by atoms with Crippen molar-refractivity contribution in [2.75, 3.05) is 39.8 Å². The van der Waals surface area contributed by atoms with E-state index in [1.54, 1.807) is 25.2 Å². The Kier molecular flexibility index (Phi) is 6.11. The molecular weight excluding hydrogens is 313 g/mol. The number of carbonyl (C=O) groups excluding carboxylic acids is 1. The predicted octanol–water partition coefficient (Wildman–Crippen LogP) is 1.39. The van der Waals surface area contributed by atoms with E-state index in [1.807, 2.05) is 0 Å². The van der Waals surface area contributed by atoms with Crippen LogP contribution in [0.2, 0.25) is 10.0 Å². The van der Waals surface area contributed by atoms with Crippen molar-refractivity contribution in [3.63, 3.8) is 0 Å². The Labute approximate surface area is 134 Å². The minimum absolute atomic E-state index is 0.0120. The molecule has 1 aliphatic heterocycles. The van der Waals surface area contributed by atoms with Crippen LogP contribution in [0.15, 0.2) is 18.2 Å². The summed E-state index contributed by atoms with van der Waals surface area (Å²) in [6.07, 6.45) is 0. The predicted molar refractivity (Wildman–Crippen MR) is 84.3 cm³/mol. The van der Waals surface area contributed by atoms with E-state index < -0.39 is 0 Å². The maximum Gasteiger partial charge on any atom is 0.238 e. The molecule has 1 unspecified atom stereocenters. The molecule has 1 fully saturated rings. The lowest BCUT2D eigenvalue weighted by Gasteiger charge is -2.34. The number of hydrogen-bond acceptors (Lipinski definition) is 4. The van der Waals surface area contributed by atoms with Gasteiger partial charge in [0.05, 0.1) is 10.0 Å². The van der Waals surface area contributed by atoms with Crippen molar-refractivity contribution in [3.8, 4) is 5.75 Å². The van der Waals surface area contributed by atoms with Gasteiger partial charge < -0.3 is 15.4 Å². The molecule has 2 N–H and O–H groups in total. The number of piperazine rings is 1. The van der Waals surface area contributed by atoms with E-state index in [9.17, 15) is 4.79 Å². The normalized spacial score (nSPS) is 19.3. The van der Waals surface area contributed by atoms with E-state index in [0.717, 1.165) is 13.1 Å². The smallest absolute Gasteiger partial charge is 0.238 e. The average Bonchev–Trinajstić information content (AvgIpc) is 2.50. The van der Waals surface area contributed by atoms with E-state index in [4.69, 9.17) is 27.9 Å². The number of hydrogen-bond donors (Lipinski definition) is 2. The lowest BCUT2D eigenvalue weighted by atomic mass is 10.2. The van der Waals surface area contributed by atoms with Crippen molar-refractivity contribution in [3.05, 3.63) is 28.2 Å². The molecule has 116 valence electrons. The average molecular weight is 332 g/mol. The number of carbonyl (C=O) groups is 1. The van der Waals surface area contributed by atoms with Crippen LogP contribution in [-0.2, 0) is 4.79 Å². The minimum atomic E-state index is -0.172. The number of para-hydroxylation sites is 1. The van der Waals surface area contributed by atoms with Gasteiger partial charge in [0.2, 0.25) is 5.91 Å². The fraction of sp³-hybridized carbons (Fsp3) is 0.500. The molecule has 2 rings (SSSR count). The van der Waals surface area contributed by atoms with Crippen molar-refractivity contribution in [1.82, 2.24) is 15.5 Å². The summed E-state index contributed by atoms with van der Waals surface area (Å²) >= 11 is 12.1. The Morgan fingerprint density at radius 1 is 1.48 bits per heavy atom. The Morgan fingerprint density at radius 3 is 2.86 bits per heavy atom. The number of rotatable bonds is 5. The van der Waals surface area contributed by atoms with E-state index in [2.05, 4.69) is 15.5 Å². The second-order valence-corrected chi connectivity index (χ2v) is 5.58. The highest BCUT2D eigenvalue weighted by Crippen LogP contribution is 2.32. The Hall–Kier alpha value is -1.01. The fourth-order valence-electron chi connectivity index (χ4n) is 2.32. The highest BCUT2D eigenvalue weighted by Gasteiger charge is 2.27. The van der Waals surface area contributed by atoms with E-state index in [1.165, 1.54) is 0 Å². The molecule has 1 aromatic carbocycles. The monoisotopic (exact) mass is 331 g/mol. The standard InChI is InChI=1S/C14H19Cl2N3O2/c1-17-14(20)12-9-18-5-6-19(12)7-8-21-13-10(15)3-2-4-11(13)16/h2-4,12,18H,5-9H2,1H3,(H,17,20). The third kappa shape index (κ3) is 4.23. The fourth-order valence-corrected chi connectivity index (χ4v) is 2.83. The summed E-state index contributed by atoms with van der Waals surface area (Å²) in [6, 6.07) is 5.08. The summed E-state index contributed by atoms with van der Waals surface area (Å²) in [5.74, 6) is 0.505. The molecule has 1 aliphatic rings. The Balaban J connectivity index is 1.91. The highest BCUT2D eigenvalue weighted by molar-refractivity contribution is 6.37. The third-order valence-electron chi connectivity index (χ3n) is 3.45. The van der Waals surface area contributed by atoms with Crippen molar-refractivity contribution in [2.45, 2.75) is 6.04 Å². The van der Waals surface area contributed by atoms with Gasteiger partial charge in [-0.05, 0) is 12.1 Å². The molecular formula is C14H19Cl2N3O2. The number of nitrogens with one attached hydrogen (secondary N) is 2. The molecule has 0 aliphatic carbocycles. The molecule has 5 nitrogen and oxygen atoms in total. The molecule has 0 radical (unpaired) electrons. The maximum atomic E-state index is 11.8. The van der Waals surface area contributed by atoms with Crippen LogP contribution < -0.4 is 15.4 Å². The zero-order valence-electron chi connectivity index (χ0n) is 11.9. The number of amides is 1. The number of likely N-dealkylation sites (N-methyl/N-ethyl adjacent to an activating group) is 1. The van der Waals surface area contributed by atoms with Gasteiger partial charge in [0.1, 0.15) is 12.6 Å². The van der Waals surface area contributed by atoms with Crippen LogP contribution in [0, 0.1) is 0 Å². The molecule has 21 heavy (non-hydrogen) atoms. The highest BCUT2D eigenvalue weighted by atomic mass is 35.5. The third-order valence-corrected chi connectivity index (χ3v) is 4.04. The molecule has 1 heterocycles. The topological polar surface area (TPSA) is 53.6 Å². The summed E-state index contributed by atoms with van der Waals surface area (Å²) in [5, 5.41) is 6.89. The quantitative estimate of drug-likeness (QED) is 0.856. The lowest BCUT2D eigenvalue weighted by molar-refractivity contribution is -0.126. The SMILES string of the molecule is CNC(=O)C1CNCCN1CCOc1c(Cl)cccc1Cl. The van der Waals surface area contributed by atoms with E-state index in [0.29, 0.717) is 35.5 Å². The summed E-state index contributed by atoms with van der Waals surface area (Å²) < 4.78 is 5.67. The first-order valence-electron chi connectivity index (χ1n) is 6.86. The van der Waals surface area contributed by atoms with Crippen molar-refractivity contribution in [2.24, 2.45) is 0 Å². The molecule has 1 aromatic rings. The molecule has 1 saturated heterocycles. The van der Waals surface area contributed by atoms with Gasteiger partial charge in [0.15, 0.2) is 5.75 Å². The minimum Gasteiger partial charge on any atom is -0.489 e. The van der Waals surface area contributed by atoms with Gasteiger partial charge in [-0.2, -0.15) is 0 Å². The van der Waals surface area contributed by atoms with Crippen LogP contribution in [-0.4, -0.2) is 56.7 Å². The van der Waals surface area contributed by atoms with Crippen LogP contribution in [0.25, 0.3) is 0 Å². The zero-order valence-corrected chi connectivity index (χ0v) is 13.4. The first-order valence-corrected chi connectivity index (χ1v) is 7.62. The number of halogens is 2. The lowest BCUT2D eigenvalue weighted by Crippen LogP contribution is -2.58. The molecule has 0 bridgehead atoms. The van der Waals surface area contributed by atoms with Gasteiger partial charge >= 0.3 is 0 Å². The second-order valence-electron chi connectivity index (χ2n) is 4.77. The summed E-state index contributed by atoms with van der Waals surface area (Å²) in [6.45, 7) is 3.38. The van der Waals surface area contributed by atoms with Crippen LogP contribution in [0.5, 0.6) is 5.75 Å². The van der Waals surface area contributed by atoms with Crippen LogP contribution >= 0.6 is 23.2 Å². The summed E-state index contributed by atoms with van der Waals surface area (Å²) in [5.41, 5.74) is 0. The number of nitrogens with zero attached hydrogens (tertiary/aromatic N) is 1. The molecule has 7 heteroatoms. The van der Waals surface area contributed by atoms with E-state index in [-0.39, 0.29) is 11.9 Å². The van der Waals surface area contributed by atoms with Gasteiger partial charge in [0, 0.05) is 33.2 Å². The van der Waals surface area contributed by atoms with Gasteiger partial charge in [-0.25, -0.2) is 0 Å². The first kappa shape index (κ1) is 16.4. The second kappa shape index (κ2) is 7.84. The van der Waals surface area contributed by atoms with Crippen LogP contribution in [0.4, 0.5) is 0 Å². The number of benzene rings is 1. The Morgan fingerprint density at radius 2 is 2.19 bits per heavy atom. The number of ether oxygens (including phenoxy) is 1. The molecule has 0 aromatic heterocycles. The van der Waals surface area contributed by atoms with Crippen molar-refractivity contribution >= 4 is 29.1 Å². The zero-order chi connectivity index (χ0) is 15.2. The van der Waals surface area contributed by atoms with E-state index >= 15 is 0 Å². The molecule has 1 atom stereocenters. The van der Waals surface area contributed by atoms with Crippen molar-refractivity contribution < 1.29 is 9.53 Å².